The van der Waals surface area contributed by atoms with Gasteiger partial charge in [-0.1, -0.05) is 18.2 Å². The Morgan fingerprint density at radius 3 is 2.44 bits per heavy atom. The number of hydrogen-bond acceptors (Lipinski definition) is 5. The average Bonchev–Trinajstić information content (AvgIpc) is 3.09. The van der Waals surface area contributed by atoms with Gasteiger partial charge in [-0.3, -0.25) is 19.5 Å². The minimum atomic E-state index is -0.479. The van der Waals surface area contributed by atoms with Gasteiger partial charge >= 0.3 is 0 Å². The van der Waals surface area contributed by atoms with Crippen LogP contribution < -0.4 is 5.56 Å². The second-order valence-electron chi connectivity index (χ2n) is 8.00. The van der Waals surface area contributed by atoms with E-state index in [9.17, 15) is 20.2 Å². The van der Waals surface area contributed by atoms with Crippen LogP contribution in [0.2, 0.25) is 0 Å². The lowest BCUT2D eigenvalue weighted by Crippen LogP contribution is -2.21. The molecule has 8 heteroatoms. The van der Waals surface area contributed by atoms with Crippen LogP contribution in [0.5, 0.6) is 0 Å². The molecule has 4 aromatic rings. The number of pyridine rings is 1. The Morgan fingerprint density at radius 1 is 1.06 bits per heavy atom. The van der Waals surface area contributed by atoms with Crippen molar-refractivity contribution in [1.82, 2.24) is 14.0 Å². The zero-order valence-corrected chi connectivity index (χ0v) is 18.0. The number of rotatable bonds is 7. The third kappa shape index (κ3) is 3.74. The highest BCUT2D eigenvalue weighted by atomic mass is 16.6. The number of non-ortho nitro benzene ring substituents is 1. The maximum Gasteiger partial charge on any atom is 0.273 e. The monoisotopic (exact) mass is 429 g/mol. The number of aryl methyl sites for hydroxylation is 1. The van der Waals surface area contributed by atoms with Gasteiger partial charge in [0.25, 0.3) is 11.2 Å². The van der Waals surface area contributed by atoms with Crippen molar-refractivity contribution >= 4 is 27.6 Å². The van der Waals surface area contributed by atoms with Crippen LogP contribution in [0.3, 0.4) is 0 Å². The number of unbranched alkanes of at least 4 members (excludes halogenated alkanes) is 1. The summed E-state index contributed by atoms with van der Waals surface area (Å²) in [6, 6.07) is 17.3. The van der Waals surface area contributed by atoms with Crippen LogP contribution in [0.4, 0.5) is 5.69 Å². The fourth-order valence-electron chi connectivity index (χ4n) is 4.10. The van der Waals surface area contributed by atoms with E-state index in [0.717, 1.165) is 42.4 Å². The Bertz CT molecular complexity index is 1410. The fraction of sp³-hybridized carbons (Fsp3) is 0.250. The van der Waals surface area contributed by atoms with E-state index in [0.29, 0.717) is 11.2 Å². The molecule has 32 heavy (non-hydrogen) atoms. The Morgan fingerprint density at radius 2 is 1.78 bits per heavy atom. The highest BCUT2D eigenvalue weighted by Gasteiger charge is 2.19. The van der Waals surface area contributed by atoms with E-state index in [1.807, 2.05) is 44.4 Å². The van der Waals surface area contributed by atoms with Crippen molar-refractivity contribution in [2.45, 2.75) is 19.4 Å². The van der Waals surface area contributed by atoms with Gasteiger partial charge < -0.3 is 9.47 Å². The summed E-state index contributed by atoms with van der Waals surface area (Å²) in [6.07, 6.45) is 1.97. The summed E-state index contributed by atoms with van der Waals surface area (Å²) in [6.45, 7) is 1.73. The van der Waals surface area contributed by atoms with Crippen molar-refractivity contribution in [3.8, 4) is 11.8 Å². The van der Waals surface area contributed by atoms with Crippen LogP contribution in [0.15, 0.2) is 59.4 Å². The zero-order valence-electron chi connectivity index (χ0n) is 18.0. The number of aromatic nitrogens is 2. The molecule has 0 aliphatic heterocycles. The SMILES string of the molecule is CN(C)CCCCn1c2ccccc2c2c1cc(C#N)c(=O)n2-c1ccc([N+](=O)[O-])cc1. The van der Waals surface area contributed by atoms with Crippen LogP contribution in [0, 0.1) is 21.4 Å². The Hall–Kier alpha value is -3.96. The van der Waals surface area contributed by atoms with E-state index in [4.69, 9.17) is 0 Å². The van der Waals surface area contributed by atoms with Crippen molar-refractivity contribution < 1.29 is 4.92 Å². The lowest BCUT2D eigenvalue weighted by molar-refractivity contribution is -0.384. The first-order valence-corrected chi connectivity index (χ1v) is 10.4. The molecule has 0 aliphatic rings. The predicted octanol–water partition coefficient (Wildman–Crippen LogP) is 4.07. The van der Waals surface area contributed by atoms with Crippen molar-refractivity contribution in [3.63, 3.8) is 0 Å². The largest absolute Gasteiger partial charge is 0.339 e. The van der Waals surface area contributed by atoms with Crippen LogP contribution in [0.1, 0.15) is 18.4 Å². The first-order chi connectivity index (χ1) is 15.4. The molecular weight excluding hydrogens is 406 g/mol. The predicted molar refractivity (Wildman–Crippen MR) is 124 cm³/mol. The Balaban J connectivity index is 1.97. The summed E-state index contributed by atoms with van der Waals surface area (Å²) in [4.78, 5) is 25.9. The number of nitrogens with zero attached hydrogens (tertiary/aromatic N) is 5. The third-order valence-corrected chi connectivity index (χ3v) is 5.60. The van der Waals surface area contributed by atoms with Crippen LogP contribution in [0.25, 0.3) is 27.6 Å². The molecule has 0 N–H and O–H groups in total. The molecule has 0 saturated carbocycles. The molecule has 0 aliphatic carbocycles. The van der Waals surface area contributed by atoms with E-state index < -0.39 is 10.5 Å². The molecule has 0 fully saturated rings. The van der Waals surface area contributed by atoms with Crippen LogP contribution >= 0.6 is 0 Å². The number of para-hydroxylation sites is 1. The summed E-state index contributed by atoms with van der Waals surface area (Å²) >= 11 is 0. The topological polar surface area (TPSA) is 97.1 Å². The van der Waals surface area contributed by atoms with Crippen LogP contribution in [-0.4, -0.2) is 39.6 Å². The smallest absolute Gasteiger partial charge is 0.273 e. The maximum absolute atomic E-state index is 13.2. The van der Waals surface area contributed by atoms with E-state index in [1.54, 1.807) is 18.2 Å². The van der Waals surface area contributed by atoms with Gasteiger partial charge in [0.1, 0.15) is 11.6 Å². The van der Waals surface area contributed by atoms with E-state index in [1.165, 1.54) is 16.7 Å². The summed E-state index contributed by atoms with van der Waals surface area (Å²) in [5, 5.41) is 21.6. The molecule has 0 bridgehead atoms. The molecule has 8 nitrogen and oxygen atoms in total. The molecular formula is C24H23N5O3. The summed E-state index contributed by atoms with van der Waals surface area (Å²) < 4.78 is 3.65. The lowest BCUT2D eigenvalue weighted by atomic mass is 10.2. The fourth-order valence-corrected chi connectivity index (χ4v) is 4.10. The molecule has 2 aromatic heterocycles. The number of nitro groups is 1. The lowest BCUT2D eigenvalue weighted by Gasteiger charge is -2.12. The van der Waals surface area contributed by atoms with Gasteiger partial charge in [0.05, 0.1) is 21.5 Å². The van der Waals surface area contributed by atoms with Crippen molar-refractivity contribution in [2.75, 3.05) is 20.6 Å². The molecule has 0 spiro atoms. The van der Waals surface area contributed by atoms with Gasteiger partial charge in [0.2, 0.25) is 0 Å². The molecule has 0 atom stereocenters. The highest BCUT2D eigenvalue weighted by Crippen LogP contribution is 2.31. The summed E-state index contributed by atoms with van der Waals surface area (Å²) in [5.74, 6) is 0. The van der Waals surface area contributed by atoms with Gasteiger partial charge in [0, 0.05) is 29.8 Å². The van der Waals surface area contributed by atoms with Gasteiger partial charge in [-0.05, 0) is 57.7 Å². The molecule has 2 aromatic carbocycles. The van der Waals surface area contributed by atoms with Gasteiger partial charge in [0.15, 0.2) is 0 Å². The molecule has 4 rings (SSSR count). The quantitative estimate of drug-likeness (QED) is 0.251. The van der Waals surface area contributed by atoms with Gasteiger partial charge in [-0.2, -0.15) is 5.26 Å². The summed E-state index contributed by atoms with van der Waals surface area (Å²) in [7, 11) is 4.09. The first kappa shape index (κ1) is 21.3. The molecule has 0 saturated heterocycles. The minimum Gasteiger partial charge on any atom is -0.339 e. The number of hydrogen-bond donors (Lipinski definition) is 0. The van der Waals surface area contributed by atoms with Gasteiger partial charge in [-0.15, -0.1) is 0 Å². The van der Waals surface area contributed by atoms with E-state index in [2.05, 4.69) is 9.47 Å². The zero-order chi connectivity index (χ0) is 22.8. The molecule has 0 radical (unpaired) electrons. The second kappa shape index (κ2) is 8.65. The number of nitro benzene ring substituents is 1. The molecule has 162 valence electrons. The highest BCUT2D eigenvalue weighted by molar-refractivity contribution is 6.07. The first-order valence-electron chi connectivity index (χ1n) is 10.4. The standard InChI is InChI=1S/C24H23N5O3/c1-26(2)13-5-6-14-27-21-8-4-3-7-20(21)23-22(27)15-17(16-25)24(30)28(23)18-9-11-19(12-10-18)29(31)32/h3-4,7-12,15H,5-6,13-14H2,1-2H3. The van der Waals surface area contributed by atoms with E-state index >= 15 is 0 Å². The van der Waals surface area contributed by atoms with Gasteiger partial charge in [-0.25, -0.2) is 0 Å². The van der Waals surface area contributed by atoms with Crippen molar-refractivity contribution in [2.24, 2.45) is 0 Å². The van der Waals surface area contributed by atoms with Crippen LogP contribution in [-0.2, 0) is 6.54 Å². The van der Waals surface area contributed by atoms with Crippen molar-refractivity contribution in [1.29, 1.82) is 5.26 Å². The number of fused-ring (bicyclic) bond motifs is 3. The second-order valence-corrected chi connectivity index (χ2v) is 8.00. The van der Waals surface area contributed by atoms with Crippen molar-refractivity contribution in [3.05, 3.63) is 80.6 Å². The third-order valence-electron chi connectivity index (χ3n) is 5.60. The molecule has 0 unspecified atom stereocenters. The Kier molecular flexibility index (Phi) is 5.75. The normalized spacial score (nSPS) is 11.3. The minimum absolute atomic E-state index is 0.0354. The number of nitriles is 1. The maximum atomic E-state index is 13.2. The summed E-state index contributed by atoms with van der Waals surface area (Å²) in [5.41, 5.74) is 2.50. The number of benzene rings is 2. The molecule has 2 heterocycles. The average molecular weight is 429 g/mol. The molecule has 0 amide bonds. The Labute approximate surface area is 184 Å². The van der Waals surface area contributed by atoms with E-state index in [-0.39, 0.29) is 11.3 Å².